The molecule has 1 aliphatic carbocycles. The van der Waals surface area contributed by atoms with Gasteiger partial charge in [-0.2, -0.15) is 0 Å². The maximum Gasteiger partial charge on any atom is 0.338 e. The van der Waals surface area contributed by atoms with E-state index in [0.717, 1.165) is 19.3 Å². The molecular weight excluding hydrogens is 260 g/mol. The first-order valence-electron chi connectivity index (χ1n) is 7.35. The van der Waals surface area contributed by atoms with E-state index in [9.17, 15) is 4.79 Å². The van der Waals surface area contributed by atoms with Crippen LogP contribution in [0.1, 0.15) is 35.2 Å². The van der Waals surface area contributed by atoms with Gasteiger partial charge in [-0.05, 0) is 48.6 Å². The number of rotatable bonds is 3. The molecule has 0 radical (unpaired) electrons. The zero-order valence-electron chi connectivity index (χ0n) is 11.9. The molecular formula is C19H18O2. The summed E-state index contributed by atoms with van der Waals surface area (Å²) in [5, 5.41) is 0. The highest BCUT2D eigenvalue weighted by atomic mass is 16.5. The quantitative estimate of drug-likeness (QED) is 0.774. The maximum atomic E-state index is 12.1. The molecule has 2 aromatic carbocycles. The summed E-state index contributed by atoms with van der Waals surface area (Å²) < 4.78 is 5.61. The second-order valence-electron chi connectivity index (χ2n) is 5.26. The number of allylic oxidation sites excluding steroid dienone is 1. The van der Waals surface area contributed by atoms with Crippen molar-refractivity contribution in [2.45, 2.75) is 25.4 Å². The van der Waals surface area contributed by atoms with E-state index in [1.54, 1.807) is 12.1 Å². The monoisotopic (exact) mass is 278 g/mol. The van der Waals surface area contributed by atoms with Crippen LogP contribution in [0.25, 0.3) is 5.57 Å². The van der Waals surface area contributed by atoms with Crippen LogP contribution >= 0.6 is 0 Å². The van der Waals surface area contributed by atoms with E-state index in [1.165, 1.54) is 11.1 Å². The van der Waals surface area contributed by atoms with Gasteiger partial charge >= 0.3 is 5.97 Å². The molecule has 2 heteroatoms. The molecule has 0 fully saturated rings. The Balaban J connectivity index is 1.73. The van der Waals surface area contributed by atoms with Crippen molar-refractivity contribution < 1.29 is 9.53 Å². The molecule has 0 aromatic heterocycles. The average Bonchev–Trinajstić information content (AvgIpc) is 2.57. The predicted molar refractivity (Wildman–Crippen MR) is 83.9 cm³/mol. The fraction of sp³-hybridized carbons (Fsp3) is 0.211. The summed E-state index contributed by atoms with van der Waals surface area (Å²) in [6.07, 6.45) is 4.97. The summed E-state index contributed by atoms with van der Waals surface area (Å²) in [4.78, 5) is 12.1. The number of hydrogen-bond donors (Lipinski definition) is 0. The summed E-state index contributed by atoms with van der Waals surface area (Å²) in [6.45, 7) is 0. The van der Waals surface area contributed by atoms with Crippen LogP contribution in [0.15, 0.2) is 66.7 Å². The van der Waals surface area contributed by atoms with Gasteiger partial charge in [-0.25, -0.2) is 4.79 Å². The van der Waals surface area contributed by atoms with Gasteiger partial charge in [0.15, 0.2) is 0 Å². The Kier molecular flexibility index (Phi) is 4.15. The third-order valence-electron chi connectivity index (χ3n) is 3.73. The van der Waals surface area contributed by atoms with E-state index in [0.29, 0.717) is 5.56 Å². The molecule has 0 N–H and O–H groups in total. The summed E-state index contributed by atoms with van der Waals surface area (Å²) in [6, 6.07) is 19.5. The molecule has 0 saturated heterocycles. The van der Waals surface area contributed by atoms with Gasteiger partial charge < -0.3 is 4.74 Å². The minimum Gasteiger partial charge on any atom is -0.455 e. The van der Waals surface area contributed by atoms with Gasteiger partial charge in [0.25, 0.3) is 0 Å². The molecule has 1 unspecified atom stereocenters. The van der Waals surface area contributed by atoms with Gasteiger partial charge in [-0.15, -0.1) is 0 Å². The van der Waals surface area contributed by atoms with Crippen molar-refractivity contribution in [1.82, 2.24) is 0 Å². The second kappa shape index (κ2) is 6.40. The number of carbonyl (C=O) groups is 1. The first-order chi connectivity index (χ1) is 10.3. The number of esters is 1. The summed E-state index contributed by atoms with van der Waals surface area (Å²) in [7, 11) is 0. The summed E-state index contributed by atoms with van der Waals surface area (Å²) in [5.41, 5.74) is 3.10. The summed E-state index contributed by atoms with van der Waals surface area (Å²) >= 11 is 0. The van der Waals surface area contributed by atoms with Crippen molar-refractivity contribution in [1.29, 1.82) is 0 Å². The molecule has 1 aliphatic rings. The van der Waals surface area contributed by atoms with Gasteiger partial charge in [0.2, 0.25) is 0 Å². The Bertz CT molecular complexity index is 629. The minimum atomic E-state index is -0.244. The molecule has 3 rings (SSSR count). The highest BCUT2D eigenvalue weighted by Crippen LogP contribution is 2.28. The lowest BCUT2D eigenvalue weighted by molar-refractivity contribution is 0.0372. The number of benzene rings is 2. The Morgan fingerprint density at radius 2 is 1.62 bits per heavy atom. The van der Waals surface area contributed by atoms with Crippen LogP contribution in [0, 0.1) is 0 Å². The molecule has 1 atom stereocenters. The molecule has 0 amide bonds. The van der Waals surface area contributed by atoms with Crippen molar-refractivity contribution >= 4 is 11.5 Å². The lowest BCUT2D eigenvalue weighted by Gasteiger charge is -2.21. The fourth-order valence-electron chi connectivity index (χ4n) is 2.65. The van der Waals surface area contributed by atoms with Gasteiger partial charge in [0.1, 0.15) is 6.10 Å². The van der Waals surface area contributed by atoms with Crippen LogP contribution in [-0.4, -0.2) is 12.1 Å². The van der Waals surface area contributed by atoms with Gasteiger partial charge in [-0.3, -0.25) is 0 Å². The highest BCUT2D eigenvalue weighted by molar-refractivity contribution is 5.89. The lowest BCUT2D eigenvalue weighted by atomic mass is 9.92. The first kappa shape index (κ1) is 13.6. The van der Waals surface area contributed by atoms with E-state index in [2.05, 4.69) is 18.2 Å². The van der Waals surface area contributed by atoms with Gasteiger partial charge in [-0.1, -0.05) is 48.5 Å². The third kappa shape index (κ3) is 3.40. The van der Waals surface area contributed by atoms with Crippen molar-refractivity contribution in [2.24, 2.45) is 0 Å². The zero-order valence-corrected chi connectivity index (χ0v) is 11.9. The van der Waals surface area contributed by atoms with Crippen molar-refractivity contribution in [3.05, 3.63) is 77.9 Å². The third-order valence-corrected chi connectivity index (χ3v) is 3.73. The average molecular weight is 278 g/mol. The van der Waals surface area contributed by atoms with E-state index >= 15 is 0 Å². The van der Waals surface area contributed by atoms with Crippen LogP contribution in [0.2, 0.25) is 0 Å². The summed E-state index contributed by atoms with van der Waals surface area (Å²) in [5.74, 6) is -0.244. The van der Waals surface area contributed by atoms with Crippen LogP contribution in [0.4, 0.5) is 0 Å². The molecule has 2 nitrogen and oxygen atoms in total. The SMILES string of the molecule is O=C(OC1C=C(c2ccccc2)CCC1)c1ccccc1. The van der Waals surface area contributed by atoms with Crippen LogP contribution < -0.4 is 0 Å². The fourth-order valence-corrected chi connectivity index (χ4v) is 2.65. The van der Waals surface area contributed by atoms with E-state index in [-0.39, 0.29) is 12.1 Å². The lowest BCUT2D eigenvalue weighted by Crippen LogP contribution is -2.19. The maximum absolute atomic E-state index is 12.1. The van der Waals surface area contributed by atoms with Crippen molar-refractivity contribution in [2.75, 3.05) is 0 Å². The number of hydrogen-bond acceptors (Lipinski definition) is 2. The Morgan fingerprint density at radius 3 is 2.33 bits per heavy atom. The van der Waals surface area contributed by atoms with Gasteiger partial charge in [0.05, 0.1) is 5.56 Å². The molecule has 0 heterocycles. The predicted octanol–water partition coefficient (Wildman–Crippen LogP) is 4.48. The standard InChI is InChI=1S/C19H18O2/c20-19(16-10-5-2-6-11-16)21-18-13-7-12-17(14-18)15-8-3-1-4-9-15/h1-6,8-11,14,18H,7,12-13H2. The molecule has 0 spiro atoms. The second-order valence-corrected chi connectivity index (χ2v) is 5.26. The van der Waals surface area contributed by atoms with E-state index < -0.39 is 0 Å². The molecule has 0 bridgehead atoms. The molecule has 0 saturated carbocycles. The topological polar surface area (TPSA) is 26.3 Å². The largest absolute Gasteiger partial charge is 0.455 e. The van der Waals surface area contributed by atoms with Crippen molar-refractivity contribution in [3.8, 4) is 0 Å². The molecule has 0 aliphatic heterocycles. The zero-order chi connectivity index (χ0) is 14.5. The number of carbonyl (C=O) groups excluding carboxylic acids is 1. The first-order valence-corrected chi connectivity index (χ1v) is 7.35. The normalized spacial score (nSPS) is 17.9. The van der Waals surface area contributed by atoms with Crippen LogP contribution in [0.5, 0.6) is 0 Å². The van der Waals surface area contributed by atoms with Gasteiger partial charge in [0, 0.05) is 0 Å². The molecule has 2 aromatic rings. The Morgan fingerprint density at radius 1 is 0.952 bits per heavy atom. The smallest absolute Gasteiger partial charge is 0.338 e. The van der Waals surface area contributed by atoms with E-state index in [1.807, 2.05) is 36.4 Å². The van der Waals surface area contributed by atoms with Crippen LogP contribution in [-0.2, 0) is 4.74 Å². The van der Waals surface area contributed by atoms with Crippen LogP contribution in [0.3, 0.4) is 0 Å². The highest BCUT2D eigenvalue weighted by Gasteiger charge is 2.19. The molecule has 21 heavy (non-hydrogen) atoms. The molecule has 106 valence electrons. The number of ether oxygens (including phenoxy) is 1. The van der Waals surface area contributed by atoms with Crippen molar-refractivity contribution in [3.63, 3.8) is 0 Å². The Labute approximate surface area is 125 Å². The van der Waals surface area contributed by atoms with E-state index in [4.69, 9.17) is 4.74 Å². The minimum absolute atomic E-state index is 0.123. The Hall–Kier alpha value is -2.35.